The molecular weight excluding hydrogens is 546 g/mol. The molecule has 41 heavy (non-hydrogen) atoms. The molecular formula is C29H35N5O6S. The second-order valence-corrected chi connectivity index (χ2v) is 13.4. The minimum Gasteiger partial charge on any atom is -0.474 e. The quantitative estimate of drug-likeness (QED) is 0.266. The van der Waals surface area contributed by atoms with Crippen molar-refractivity contribution in [3.05, 3.63) is 60.1 Å². The number of rotatable bonds is 10. The van der Waals surface area contributed by atoms with E-state index in [2.05, 4.69) is 21.9 Å². The van der Waals surface area contributed by atoms with Crippen LogP contribution in [0.5, 0.6) is 5.88 Å². The summed E-state index contributed by atoms with van der Waals surface area (Å²) in [4.78, 5) is 26.3. The number of nitrogens with two attached hydrogens (primary N) is 1. The average molecular weight is 582 g/mol. The van der Waals surface area contributed by atoms with Gasteiger partial charge >= 0.3 is 5.97 Å². The van der Waals surface area contributed by atoms with E-state index in [-0.39, 0.29) is 30.3 Å². The lowest BCUT2D eigenvalue weighted by Gasteiger charge is -2.35. The molecule has 3 atom stereocenters. The molecule has 1 fully saturated rings. The number of methoxy groups -OCH3 is 1. The predicted octanol–water partition coefficient (Wildman–Crippen LogP) is 3.62. The number of pyridine rings is 3. The first kappa shape index (κ1) is 28.9. The van der Waals surface area contributed by atoms with Crippen LogP contribution in [0.2, 0.25) is 0 Å². The van der Waals surface area contributed by atoms with Crippen molar-refractivity contribution in [1.82, 2.24) is 15.0 Å². The largest absolute Gasteiger partial charge is 0.474 e. The fourth-order valence-corrected chi connectivity index (χ4v) is 6.62. The van der Waals surface area contributed by atoms with Crippen LogP contribution < -0.4 is 15.8 Å². The molecule has 0 saturated heterocycles. The van der Waals surface area contributed by atoms with Gasteiger partial charge in [0.15, 0.2) is 0 Å². The number of anilines is 2. The number of nitrogens with zero attached hydrogens (tertiary/aromatic N) is 3. The number of ether oxygens (including phenoxy) is 3. The third-order valence-electron chi connectivity index (χ3n) is 7.60. The first-order chi connectivity index (χ1) is 19.4. The highest BCUT2D eigenvalue weighted by Crippen LogP contribution is 2.37. The Morgan fingerprint density at radius 1 is 1.22 bits per heavy atom. The van der Waals surface area contributed by atoms with Gasteiger partial charge in [0.25, 0.3) is 0 Å². The number of esters is 1. The Bertz CT molecular complexity index is 1600. The van der Waals surface area contributed by atoms with Gasteiger partial charge in [-0.2, -0.15) is 0 Å². The Balaban J connectivity index is 1.46. The van der Waals surface area contributed by atoms with Crippen molar-refractivity contribution in [2.45, 2.75) is 50.4 Å². The third kappa shape index (κ3) is 6.04. The van der Waals surface area contributed by atoms with Crippen LogP contribution in [0.4, 0.5) is 11.6 Å². The third-order valence-corrected chi connectivity index (χ3v) is 8.68. The average Bonchev–Trinajstić information content (AvgIpc) is 2.88. The number of hydrogen-bond acceptors (Lipinski definition) is 11. The first-order valence-electron chi connectivity index (χ1n) is 13.4. The number of carbonyl (C=O) groups is 1. The molecule has 1 aliphatic heterocycles. The molecule has 0 bridgehead atoms. The van der Waals surface area contributed by atoms with E-state index in [1.165, 1.54) is 6.26 Å². The van der Waals surface area contributed by atoms with E-state index in [0.29, 0.717) is 47.0 Å². The van der Waals surface area contributed by atoms with E-state index in [0.717, 1.165) is 10.9 Å². The Hall–Kier alpha value is -3.61. The number of aromatic nitrogens is 3. The predicted molar refractivity (Wildman–Crippen MR) is 155 cm³/mol. The highest BCUT2D eigenvalue weighted by Gasteiger charge is 2.35. The number of fused-ring (bicyclic) bond motifs is 2. The smallest absolute Gasteiger partial charge is 0.340 e. The van der Waals surface area contributed by atoms with Crippen LogP contribution in [0, 0.1) is 5.92 Å². The molecule has 2 aliphatic rings. The molecule has 4 heterocycles. The summed E-state index contributed by atoms with van der Waals surface area (Å²) >= 11 is 0. The molecule has 3 N–H and O–H groups in total. The van der Waals surface area contributed by atoms with E-state index >= 15 is 0 Å². The first-order valence-corrected chi connectivity index (χ1v) is 15.5. The Kier molecular flexibility index (Phi) is 7.75. The zero-order valence-corrected chi connectivity index (χ0v) is 24.4. The van der Waals surface area contributed by atoms with Crippen LogP contribution in [0.1, 0.15) is 54.2 Å². The Morgan fingerprint density at radius 3 is 2.66 bits per heavy atom. The van der Waals surface area contributed by atoms with Gasteiger partial charge in [0.2, 0.25) is 5.88 Å². The van der Waals surface area contributed by atoms with Gasteiger partial charge in [-0.25, -0.2) is 28.2 Å². The molecule has 3 aromatic rings. The van der Waals surface area contributed by atoms with E-state index in [1.807, 2.05) is 19.9 Å². The SMILES string of the molecule is C=C[C@@H]1OC(=O)c2ccc(Nc3cc4c([C@](C)(N)COC)cnc(O[C@H]5C[C@@H](CS(C)(=O)=O)C5)c4cn3)nc2[C@H]1C. The molecule has 0 radical (unpaired) electrons. The van der Waals surface area contributed by atoms with Crippen LogP contribution in [-0.2, 0) is 24.8 Å². The summed E-state index contributed by atoms with van der Waals surface area (Å²) in [6, 6.07) is 5.26. The van der Waals surface area contributed by atoms with E-state index in [9.17, 15) is 13.2 Å². The van der Waals surface area contributed by atoms with Gasteiger partial charge in [0.1, 0.15) is 33.7 Å². The number of hydrogen-bond donors (Lipinski definition) is 2. The van der Waals surface area contributed by atoms with Crippen molar-refractivity contribution >= 4 is 38.2 Å². The Morgan fingerprint density at radius 2 is 1.98 bits per heavy atom. The zero-order valence-electron chi connectivity index (χ0n) is 23.6. The van der Waals surface area contributed by atoms with Gasteiger partial charge in [-0.15, -0.1) is 0 Å². The van der Waals surface area contributed by atoms with Gasteiger partial charge in [-0.05, 0) is 49.3 Å². The van der Waals surface area contributed by atoms with Crippen molar-refractivity contribution < 1.29 is 27.4 Å². The van der Waals surface area contributed by atoms with Crippen molar-refractivity contribution in [1.29, 1.82) is 0 Å². The van der Waals surface area contributed by atoms with Crippen LogP contribution >= 0.6 is 0 Å². The molecule has 12 heteroatoms. The summed E-state index contributed by atoms with van der Waals surface area (Å²) in [6.45, 7) is 7.83. The molecule has 1 aliphatic carbocycles. The molecule has 0 unspecified atom stereocenters. The summed E-state index contributed by atoms with van der Waals surface area (Å²) in [5, 5.41) is 4.70. The summed E-state index contributed by atoms with van der Waals surface area (Å²) in [5.74, 6) is 1.10. The number of sulfone groups is 1. The zero-order chi connectivity index (χ0) is 29.5. The summed E-state index contributed by atoms with van der Waals surface area (Å²) in [6.07, 6.45) is 6.92. The minimum absolute atomic E-state index is 0.0824. The van der Waals surface area contributed by atoms with Crippen molar-refractivity contribution in [2.24, 2.45) is 11.7 Å². The lowest BCUT2D eigenvalue weighted by molar-refractivity contribution is 0.0302. The molecule has 3 aromatic heterocycles. The fraction of sp³-hybridized carbons (Fsp3) is 0.448. The summed E-state index contributed by atoms with van der Waals surface area (Å²) < 4.78 is 40.3. The molecule has 5 rings (SSSR count). The van der Waals surface area contributed by atoms with Crippen LogP contribution in [0.3, 0.4) is 0 Å². The summed E-state index contributed by atoms with van der Waals surface area (Å²) in [7, 11) is -1.45. The van der Waals surface area contributed by atoms with E-state index < -0.39 is 27.4 Å². The monoisotopic (exact) mass is 581 g/mol. The molecule has 0 spiro atoms. The number of carbonyl (C=O) groups excluding carboxylic acids is 1. The van der Waals surface area contributed by atoms with Crippen LogP contribution in [-0.4, -0.2) is 67.3 Å². The van der Waals surface area contributed by atoms with Crippen LogP contribution in [0.25, 0.3) is 10.8 Å². The minimum atomic E-state index is -3.03. The second kappa shape index (κ2) is 11.0. The molecule has 1 saturated carbocycles. The normalized spacial score (nSPS) is 23.6. The second-order valence-electron chi connectivity index (χ2n) is 11.3. The maximum Gasteiger partial charge on any atom is 0.340 e. The van der Waals surface area contributed by atoms with Crippen molar-refractivity contribution in [2.75, 3.05) is 31.0 Å². The number of nitrogens with one attached hydrogen (secondary N) is 1. The molecule has 218 valence electrons. The lowest BCUT2D eigenvalue weighted by Crippen LogP contribution is -2.39. The van der Waals surface area contributed by atoms with Crippen molar-refractivity contribution in [3.8, 4) is 5.88 Å². The van der Waals surface area contributed by atoms with Gasteiger partial charge in [0, 0.05) is 37.2 Å². The maximum atomic E-state index is 12.4. The van der Waals surface area contributed by atoms with Crippen LogP contribution in [0.15, 0.2) is 43.2 Å². The topological polar surface area (TPSA) is 156 Å². The molecule has 0 aromatic carbocycles. The van der Waals surface area contributed by atoms with Gasteiger partial charge < -0.3 is 25.3 Å². The Labute approximate surface area is 239 Å². The highest BCUT2D eigenvalue weighted by molar-refractivity contribution is 7.90. The molecule has 11 nitrogen and oxygen atoms in total. The lowest BCUT2D eigenvalue weighted by atomic mass is 9.84. The van der Waals surface area contributed by atoms with E-state index in [4.69, 9.17) is 24.9 Å². The van der Waals surface area contributed by atoms with Gasteiger partial charge in [-0.3, -0.25) is 0 Å². The van der Waals surface area contributed by atoms with E-state index in [1.54, 1.807) is 37.7 Å². The maximum absolute atomic E-state index is 12.4. The summed E-state index contributed by atoms with van der Waals surface area (Å²) in [5.41, 5.74) is 7.60. The fourth-order valence-electron chi connectivity index (χ4n) is 5.49. The highest BCUT2D eigenvalue weighted by atomic mass is 32.2. The number of cyclic esters (lactones) is 1. The standard InChI is InChI=1S/C29H35N5O6S/c1-6-23-16(2)26-19(28(35)40-23)7-8-24(34-26)33-25-11-20-21(12-31-25)27(32-13-22(20)29(3,30)15-38-4)39-18-9-17(10-18)14-41(5,36)37/h6-8,11-13,16-18,23H,1,9-10,14-15,30H2,2-5H3,(H,31,33,34)/t16-,17-,18+,23-,29+/m0/s1. The van der Waals surface area contributed by atoms with Gasteiger partial charge in [0.05, 0.1) is 34.5 Å². The van der Waals surface area contributed by atoms with Crippen molar-refractivity contribution in [3.63, 3.8) is 0 Å². The van der Waals surface area contributed by atoms with Gasteiger partial charge in [-0.1, -0.05) is 19.6 Å². The molecule has 0 amide bonds.